The molecule has 0 spiro atoms. The van der Waals surface area contributed by atoms with E-state index in [0.29, 0.717) is 11.8 Å². The van der Waals surface area contributed by atoms with Gasteiger partial charge in [-0.1, -0.05) is 220 Å². The molecule has 0 atom stereocenters. The van der Waals surface area contributed by atoms with Gasteiger partial charge in [0, 0.05) is 66.6 Å². The van der Waals surface area contributed by atoms with Crippen LogP contribution >= 0.6 is 0 Å². The minimum Gasteiger partial charge on any atom is -0.456 e. The van der Waals surface area contributed by atoms with E-state index < -0.39 is 0 Å². The van der Waals surface area contributed by atoms with E-state index in [9.17, 15) is 0 Å². The molecule has 3 heterocycles. The lowest BCUT2D eigenvalue weighted by molar-refractivity contribution is 0.643. The summed E-state index contributed by atoms with van der Waals surface area (Å²) in [6.07, 6.45) is 9.82. The van der Waals surface area contributed by atoms with Crippen LogP contribution in [0.4, 0.5) is 34.1 Å². The van der Waals surface area contributed by atoms with Crippen molar-refractivity contribution >= 4 is 121 Å². The lowest BCUT2D eigenvalue weighted by Gasteiger charge is -2.27. The van der Waals surface area contributed by atoms with E-state index in [4.69, 9.17) is 13.3 Å². The van der Waals surface area contributed by atoms with Gasteiger partial charge in [0.1, 0.15) is 22.3 Å². The second-order valence-corrected chi connectivity index (χ2v) is 23.1. The zero-order valence-electron chi connectivity index (χ0n) is 46.0. The van der Waals surface area contributed by atoms with Gasteiger partial charge >= 0.3 is 0 Å². The number of benzene rings is 12. The summed E-state index contributed by atoms with van der Waals surface area (Å²) in [5.74, 6) is 1.00. The number of nitrogens with zero attached hydrogens (tertiary/aromatic N) is 2. The Morgan fingerprint density at radius 2 is 0.602 bits per heavy atom. The van der Waals surface area contributed by atoms with E-state index in [1.54, 1.807) is 0 Å². The minimum absolute atomic E-state index is 0.501. The fourth-order valence-electron chi connectivity index (χ4n) is 14.6. The summed E-state index contributed by atoms with van der Waals surface area (Å²) in [5, 5.41) is 11.2. The summed E-state index contributed by atoms with van der Waals surface area (Å²) >= 11 is 0. The molecule has 0 saturated heterocycles. The summed E-state index contributed by atoms with van der Waals surface area (Å²) in [5.41, 5.74) is 18.7. The van der Waals surface area contributed by atoms with Crippen molar-refractivity contribution in [3.8, 4) is 22.3 Å². The third-order valence-electron chi connectivity index (χ3n) is 18.5. The molecule has 0 amide bonds. The maximum atomic E-state index is 7.46. The molecule has 0 radical (unpaired) electrons. The zero-order chi connectivity index (χ0) is 54.5. The van der Waals surface area contributed by atoms with Gasteiger partial charge < -0.3 is 23.1 Å². The number of furan rings is 3. The highest BCUT2D eigenvalue weighted by Crippen LogP contribution is 2.53. The maximum Gasteiger partial charge on any atom is 0.159 e. The molecule has 0 unspecified atom stereocenters. The van der Waals surface area contributed by atoms with Crippen molar-refractivity contribution in [2.45, 2.75) is 63.2 Å². The number of fused-ring (bicyclic) bond motifs is 13. The van der Waals surface area contributed by atoms with Crippen molar-refractivity contribution in [2.24, 2.45) is 0 Å². The highest BCUT2D eigenvalue weighted by molar-refractivity contribution is 6.30. The molecular weight excluding hydrogens is 1010 g/mol. The molecule has 17 rings (SSSR count). The Hall–Kier alpha value is -9.84. The molecule has 12 aromatic carbocycles. The van der Waals surface area contributed by atoms with Gasteiger partial charge in [0.25, 0.3) is 0 Å². The van der Waals surface area contributed by atoms with Crippen molar-refractivity contribution in [1.82, 2.24) is 0 Å². The van der Waals surface area contributed by atoms with Crippen LogP contribution in [0.5, 0.6) is 0 Å². The molecule has 3 aromatic heterocycles. The van der Waals surface area contributed by atoms with Gasteiger partial charge in [0.15, 0.2) is 11.2 Å². The zero-order valence-corrected chi connectivity index (χ0v) is 46.0. The van der Waals surface area contributed by atoms with Crippen LogP contribution in [0.15, 0.2) is 256 Å². The Bertz CT molecular complexity index is 4670. The van der Waals surface area contributed by atoms with Crippen LogP contribution in [0.2, 0.25) is 0 Å². The highest BCUT2D eigenvalue weighted by Gasteiger charge is 2.30. The van der Waals surface area contributed by atoms with Gasteiger partial charge in [0.2, 0.25) is 0 Å². The fraction of sp³-hybridized carbons (Fsp3) is 0.128. The Morgan fingerprint density at radius 1 is 0.265 bits per heavy atom. The Morgan fingerprint density at radius 3 is 1.01 bits per heavy atom. The summed E-state index contributed by atoms with van der Waals surface area (Å²) in [6, 6.07) is 88.4. The largest absolute Gasteiger partial charge is 0.456 e. The van der Waals surface area contributed by atoms with E-state index >= 15 is 0 Å². The predicted octanol–water partition coefficient (Wildman–Crippen LogP) is 23.3. The van der Waals surface area contributed by atoms with E-state index in [1.807, 2.05) is 0 Å². The molecule has 2 fully saturated rings. The molecular formula is C78H58N2O3. The van der Waals surface area contributed by atoms with Crippen molar-refractivity contribution in [1.29, 1.82) is 0 Å². The summed E-state index contributed by atoms with van der Waals surface area (Å²) in [7, 11) is 0. The lowest BCUT2D eigenvalue weighted by Crippen LogP contribution is -2.11. The fourth-order valence-corrected chi connectivity index (χ4v) is 14.6. The van der Waals surface area contributed by atoms with Crippen LogP contribution < -0.4 is 9.80 Å². The average molecular weight is 1070 g/mol. The molecule has 5 nitrogen and oxygen atoms in total. The van der Waals surface area contributed by atoms with Gasteiger partial charge in [0.05, 0.1) is 22.7 Å². The summed E-state index contributed by atoms with van der Waals surface area (Å²) in [4.78, 5) is 4.81. The van der Waals surface area contributed by atoms with Gasteiger partial charge in [-0.2, -0.15) is 0 Å². The smallest absolute Gasteiger partial charge is 0.159 e. The molecule has 83 heavy (non-hydrogen) atoms. The molecule has 2 aliphatic carbocycles. The average Bonchev–Trinajstić information content (AvgIpc) is 2.75. The Labute approximate surface area is 481 Å². The first-order valence-corrected chi connectivity index (χ1v) is 29.8. The van der Waals surface area contributed by atoms with Crippen LogP contribution in [0.1, 0.15) is 74.3 Å². The first-order valence-electron chi connectivity index (χ1n) is 29.8. The summed E-state index contributed by atoms with van der Waals surface area (Å²) < 4.78 is 22.0. The van der Waals surface area contributed by atoms with Crippen molar-refractivity contribution in [3.05, 3.63) is 254 Å². The molecule has 0 bridgehead atoms. The second kappa shape index (κ2) is 19.4. The van der Waals surface area contributed by atoms with Crippen molar-refractivity contribution in [3.63, 3.8) is 0 Å². The molecule has 5 heteroatoms. The molecule has 2 saturated carbocycles. The van der Waals surface area contributed by atoms with Gasteiger partial charge in [-0.15, -0.1) is 0 Å². The van der Waals surface area contributed by atoms with Crippen LogP contribution in [0.3, 0.4) is 0 Å². The van der Waals surface area contributed by atoms with Crippen LogP contribution in [-0.2, 0) is 0 Å². The third-order valence-corrected chi connectivity index (χ3v) is 18.5. The highest BCUT2D eigenvalue weighted by atomic mass is 16.3. The van der Waals surface area contributed by atoms with Crippen LogP contribution in [-0.4, -0.2) is 0 Å². The standard InChI is InChI=1S/C78H58N2O3/c1-3-19-49(20-4-1)51-39-43-55(44-40-51)79(67-37-17-35-65-63-33-15-31-57(53-23-7-8-24-53)75(63)82-77(65)67)69-47-71-73(61-29-13-11-27-59(61)69)74-62-30-14-12-28-60(62)70(48-72(74)81-71)80(56-45-41-52(42-46-56)50-21-5-2-6-22-50)68-38-18-36-66-64-34-16-32-58(54-25-9-10-26-54)76(64)83-78(66)68/h1-6,11-22,27-48,53-54H,7-10,23-26H2. The molecule has 15 aromatic rings. The monoisotopic (exact) mass is 1070 g/mol. The van der Waals surface area contributed by atoms with Crippen molar-refractivity contribution < 1.29 is 13.3 Å². The number of hydrogen-bond donors (Lipinski definition) is 0. The van der Waals surface area contributed by atoms with Gasteiger partial charge in [-0.3, -0.25) is 0 Å². The number of hydrogen-bond acceptors (Lipinski definition) is 5. The van der Waals surface area contributed by atoms with Gasteiger partial charge in [-0.05, 0) is 118 Å². The molecule has 2 aliphatic rings. The third kappa shape index (κ3) is 7.74. The second-order valence-electron chi connectivity index (χ2n) is 23.1. The normalized spacial score (nSPS) is 14.3. The lowest BCUT2D eigenvalue weighted by atomic mass is 9.95. The summed E-state index contributed by atoms with van der Waals surface area (Å²) in [6.45, 7) is 0. The SMILES string of the molecule is c1ccc(-c2ccc(N(c3cc4oc5cc(N(c6ccc(-c7ccccc7)cc6)c6cccc7c6oc6c(C8CCCC8)cccc67)c6ccccc6c5c4c4ccccc34)c3cccc4c3oc3c(C5CCCC5)cccc34)cc2)cc1. The van der Waals surface area contributed by atoms with Gasteiger partial charge in [-0.25, -0.2) is 0 Å². The Kier molecular flexibility index (Phi) is 11.2. The maximum absolute atomic E-state index is 7.46. The minimum atomic E-state index is 0.501. The molecule has 0 N–H and O–H groups in total. The Balaban J connectivity index is 0.904. The van der Waals surface area contributed by atoms with E-state index in [2.05, 4.69) is 252 Å². The van der Waals surface area contributed by atoms with E-state index in [-0.39, 0.29) is 0 Å². The molecule has 0 aliphatic heterocycles. The number of para-hydroxylation sites is 4. The topological polar surface area (TPSA) is 45.9 Å². The van der Waals surface area contributed by atoms with Crippen LogP contribution in [0.25, 0.3) is 110 Å². The van der Waals surface area contributed by atoms with Crippen LogP contribution in [0, 0.1) is 0 Å². The number of anilines is 6. The predicted molar refractivity (Wildman–Crippen MR) is 346 cm³/mol. The first kappa shape index (κ1) is 47.9. The van der Waals surface area contributed by atoms with E-state index in [1.165, 1.54) is 73.6 Å². The molecule has 398 valence electrons. The van der Waals surface area contributed by atoms with E-state index in [0.717, 1.165) is 133 Å². The number of rotatable bonds is 10. The quantitative estimate of drug-likeness (QED) is 0.137. The first-order chi connectivity index (χ1) is 41.2. The van der Waals surface area contributed by atoms with Crippen molar-refractivity contribution in [2.75, 3.05) is 9.80 Å².